The zero-order valence-corrected chi connectivity index (χ0v) is 14.9. The van der Waals surface area contributed by atoms with Crippen molar-refractivity contribution in [3.63, 3.8) is 0 Å². The standard InChI is InChI=1S/C13H19AsN2O5S/c1-13(2,11(15)12(18)19)22-7-10(17)16-9-5-3-8(4-6-9)14(20)21/h3-6,11,20-21H,7,15H2,1-2H3,(H,16,17)(H,18,19). The van der Waals surface area contributed by atoms with Crippen LogP contribution in [0.4, 0.5) is 5.69 Å². The molecule has 0 aliphatic heterocycles. The molecular weight excluding hydrogens is 371 g/mol. The first-order valence-electron chi connectivity index (χ1n) is 6.33. The maximum atomic E-state index is 11.9. The van der Waals surface area contributed by atoms with Gasteiger partial charge < -0.3 is 0 Å². The third kappa shape index (κ3) is 5.62. The van der Waals surface area contributed by atoms with Crippen LogP contribution in [0.5, 0.6) is 0 Å². The first-order chi connectivity index (χ1) is 10.1. The van der Waals surface area contributed by atoms with Crippen molar-refractivity contribution >= 4 is 49.0 Å². The molecule has 0 aliphatic rings. The van der Waals surface area contributed by atoms with Crippen LogP contribution in [-0.2, 0) is 9.59 Å². The van der Waals surface area contributed by atoms with Crippen molar-refractivity contribution in [3.8, 4) is 0 Å². The molecule has 1 unspecified atom stereocenters. The van der Waals surface area contributed by atoms with E-state index in [9.17, 15) is 9.59 Å². The van der Waals surface area contributed by atoms with Crippen molar-refractivity contribution < 1.29 is 22.9 Å². The SMILES string of the molecule is CC(C)(SCC(=O)Nc1ccc([As](O)O)cc1)C(N)C(=O)O. The van der Waals surface area contributed by atoms with Crippen molar-refractivity contribution in [1.29, 1.82) is 0 Å². The number of hydrogen-bond donors (Lipinski definition) is 5. The molecule has 0 spiro atoms. The van der Waals surface area contributed by atoms with Gasteiger partial charge in [-0.1, -0.05) is 0 Å². The summed E-state index contributed by atoms with van der Waals surface area (Å²) in [5.74, 6) is -1.33. The van der Waals surface area contributed by atoms with E-state index in [0.29, 0.717) is 10.0 Å². The summed E-state index contributed by atoms with van der Waals surface area (Å²) in [6, 6.07) is 5.20. The van der Waals surface area contributed by atoms with Crippen molar-refractivity contribution in [2.45, 2.75) is 24.6 Å². The van der Waals surface area contributed by atoms with Crippen LogP contribution >= 0.6 is 11.8 Å². The summed E-state index contributed by atoms with van der Waals surface area (Å²) in [5.41, 5.74) is 6.12. The van der Waals surface area contributed by atoms with E-state index in [1.54, 1.807) is 38.1 Å². The Morgan fingerprint density at radius 2 is 1.86 bits per heavy atom. The monoisotopic (exact) mass is 390 g/mol. The Morgan fingerprint density at radius 3 is 2.32 bits per heavy atom. The molecule has 1 aromatic rings. The number of thioether (sulfide) groups is 1. The molecule has 0 saturated heterocycles. The van der Waals surface area contributed by atoms with E-state index in [4.69, 9.17) is 19.0 Å². The molecular formula is C13H19AsN2O5S. The predicted octanol–water partition coefficient (Wildman–Crippen LogP) is -0.771. The number of carboxylic acids is 1. The summed E-state index contributed by atoms with van der Waals surface area (Å²) in [4.78, 5) is 22.8. The number of carbonyl (C=O) groups is 2. The zero-order chi connectivity index (χ0) is 16.9. The summed E-state index contributed by atoms with van der Waals surface area (Å²) in [6.07, 6.45) is 0. The van der Waals surface area contributed by atoms with E-state index in [2.05, 4.69) is 5.32 Å². The molecule has 1 aromatic carbocycles. The van der Waals surface area contributed by atoms with Gasteiger partial charge in [-0.05, 0) is 0 Å². The first kappa shape index (κ1) is 19.0. The van der Waals surface area contributed by atoms with Crippen LogP contribution in [0.2, 0.25) is 0 Å². The van der Waals surface area contributed by atoms with Gasteiger partial charge in [0.15, 0.2) is 0 Å². The van der Waals surface area contributed by atoms with Crippen LogP contribution in [0.1, 0.15) is 13.8 Å². The van der Waals surface area contributed by atoms with E-state index >= 15 is 0 Å². The van der Waals surface area contributed by atoms with E-state index in [0.717, 1.165) is 11.8 Å². The quantitative estimate of drug-likeness (QED) is 0.386. The van der Waals surface area contributed by atoms with E-state index in [1.165, 1.54) is 0 Å². The first-order valence-corrected chi connectivity index (χ1v) is 9.94. The van der Waals surface area contributed by atoms with Crippen molar-refractivity contribution in [1.82, 2.24) is 0 Å². The molecule has 122 valence electrons. The van der Waals surface area contributed by atoms with Crippen molar-refractivity contribution in [2.24, 2.45) is 5.73 Å². The molecule has 0 radical (unpaired) electrons. The van der Waals surface area contributed by atoms with Gasteiger partial charge in [-0.15, -0.1) is 0 Å². The number of nitrogens with two attached hydrogens (primary N) is 1. The number of amides is 1. The van der Waals surface area contributed by atoms with Gasteiger partial charge in [0.1, 0.15) is 0 Å². The molecule has 0 aliphatic carbocycles. The number of carbonyl (C=O) groups excluding carboxylic acids is 1. The Kier molecular flexibility index (Phi) is 6.90. The zero-order valence-electron chi connectivity index (χ0n) is 12.2. The fourth-order valence-electron chi connectivity index (χ4n) is 1.51. The second-order valence-corrected chi connectivity index (χ2v) is 9.02. The summed E-state index contributed by atoms with van der Waals surface area (Å²) >= 11 is -1.73. The molecule has 1 atom stereocenters. The van der Waals surface area contributed by atoms with Gasteiger partial charge in [-0.2, -0.15) is 0 Å². The molecule has 0 aromatic heterocycles. The fraction of sp³-hybridized carbons (Fsp3) is 0.385. The number of benzene rings is 1. The van der Waals surface area contributed by atoms with Gasteiger partial charge in [-0.25, -0.2) is 0 Å². The van der Waals surface area contributed by atoms with E-state index in [1.807, 2.05) is 0 Å². The second kappa shape index (κ2) is 7.99. The Bertz CT molecular complexity index is 536. The molecule has 1 rings (SSSR count). The van der Waals surface area contributed by atoms with Crippen LogP contribution in [0.3, 0.4) is 0 Å². The van der Waals surface area contributed by atoms with Gasteiger partial charge in [0.25, 0.3) is 0 Å². The minimum atomic E-state index is -2.89. The van der Waals surface area contributed by atoms with Crippen LogP contribution in [0.15, 0.2) is 24.3 Å². The Hall–Kier alpha value is -1.05. The maximum absolute atomic E-state index is 11.9. The van der Waals surface area contributed by atoms with Gasteiger partial charge in [-0.3, -0.25) is 0 Å². The molecule has 22 heavy (non-hydrogen) atoms. The third-order valence-corrected chi connectivity index (χ3v) is 5.97. The third-order valence-electron chi connectivity index (χ3n) is 2.97. The predicted molar refractivity (Wildman–Crippen MR) is 87.0 cm³/mol. The molecule has 0 fully saturated rings. The normalized spacial score (nSPS) is 13.0. The molecule has 7 nitrogen and oxygen atoms in total. The molecule has 1 amide bonds. The number of hydrogen-bond acceptors (Lipinski definition) is 6. The topological polar surface area (TPSA) is 133 Å². The Balaban J connectivity index is 2.54. The Morgan fingerprint density at radius 1 is 1.32 bits per heavy atom. The summed E-state index contributed by atoms with van der Waals surface area (Å²) in [7, 11) is 0. The molecule has 0 saturated carbocycles. The fourth-order valence-corrected chi connectivity index (χ4v) is 3.24. The summed E-state index contributed by atoms with van der Waals surface area (Å²) in [6.45, 7) is 3.35. The van der Waals surface area contributed by atoms with Crippen LogP contribution in [0.25, 0.3) is 0 Å². The van der Waals surface area contributed by atoms with Gasteiger partial charge in [0, 0.05) is 0 Å². The van der Waals surface area contributed by atoms with Crippen molar-refractivity contribution in [2.75, 3.05) is 11.1 Å². The second-order valence-electron chi connectivity index (χ2n) is 5.09. The molecule has 0 bridgehead atoms. The van der Waals surface area contributed by atoms with E-state index < -0.39 is 32.1 Å². The molecule has 0 heterocycles. The number of nitrogens with one attached hydrogen (secondary N) is 1. The Labute approximate surface area is 137 Å². The molecule has 9 heteroatoms. The average Bonchev–Trinajstić information content (AvgIpc) is 2.45. The van der Waals surface area contributed by atoms with Gasteiger partial charge in [0.2, 0.25) is 0 Å². The van der Waals surface area contributed by atoms with Crippen LogP contribution in [-0.4, -0.2) is 57.1 Å². The van der Waals surface area contributed by atoms with E-state index in [-0.39, 0.29) is 11.7 Å². The number of rotatable bonds is 7. The number of anilines is 1. The van der Waals surface area contributed by atoms with Crippen molar-refractivity contribution in [3.05, 3.63) is 24.3 Å². The number of carboxylic acid groups (broad SMARTS) is 1. The average molecular weight is 390 g/mol. The summed E-state index contributed by atoms with van der Waals surface area (Å²) in [5, 5.41) is 11.6. The van der Waals surface area contributed by atoms with Gasteiger partial charge >= 0.3 is 138 Å². The number of aliphatic carboxylic acids is 1. The molecule has 6 N–H and O–H groups in total. The van der Waals surface area contributed by atoms with Crippen LogP contribution in [0, 0.1) is 0 Å². The van der Waals surface area contributed by atoms with Gasteiger partial charge in [0.05, 0.1) is 0 Å². The minimum absolute atomic E-state index is 0.0630. The summed E-state index contributed by atoms with van der Waals surface area (Å²) < 4.78 is 17.9. The van der Waals surface area contributed by atoms with Crippen LogP contribution < -0.4 is 15.4 Å².